The van der Waals surface area contributed by atoms with E-state index in [1.54, 1.807) is 31.2 Å². The first-order valence-electron chi connectivity index (χ1n) is 9.88. The molecule has 3 rings (SSSR count). The first kappa shape index (κ1) is 24.5. The third-order valence-electron chi connectivity index (χ3n) is 5.14. The second kappa shape index (κ2) is 9.78. The molecule has 174 valence electrons. The second-order valence-corrected chi connectivity index (χ2v) is 9.49. The number of piperazine rings is 1. The van der Waals surface area contributed by atoms with Gasteiger partial charge in [0.1, 0.15) is 6.04 Å². The molecule has 0 spiro atoms. The number of ether oxygens (including phenoxy) is 1. The lowest BCUT2D eigenvalue weighted by molar-refractivity contribution is -0.150. The van der Waals surface area contributed by atoms with Crippen molar-refractivity contribution in [1.29, 1.82) is 0 Å². The highest BCUT2D eigenvalue weighted by Gasteiger charge is 2.38. The van der Waals surface area contributed by atoms with Gasteiger partial charge in [0, 0.05) is 26.2 Å². The number of sulfonamides is 1. The Bertz CT molecular complexity index is 1060. The van der Waals surface area contributed by atoms with Gasteiger partial charge in [-0.2, -0.15) is 17.5 Å². The number of hydrogen-bond acceptors (Lipinski definition) is 5. The van der Waals surface area contributed by atoms with E-state index in [0.717, 1.165) is 22.0 Å². The van der Waals surface area contributed by atoms with E-state index >= 15 is 0 Å². The van der Waals surface area contributed by atoms with Crippen LogP contribution in [0.3, 0.4) is 0 Å². The first-order chi connectivity index (χ1) is 15.1. The molecule has 1 saturated heterocycles. The van der Waals surface area contributed by atoms with Gasteiger partial charge in [0.05, 0.1) is 22.1 Å². The number of halogens is 4. The Hall–Kier alpha value is -2.14. The molecular formula is C21H22ClF3N2O4S. The number of nitrogens with zero attached hydrogens (tertiary/aromatic N) is 2. The molecule has 1 heterocycles. The van der Waals surface area contributed by atoms with E-state index in [1.165, 1.54) is 0 Å². The summed E-state index contributed by atoms with van der Waals surface area (Å²) in [6.07, 6.45) is -4.77. The van der Waals surface area contributed by atoms with E-state index in [0.29, 0.717) is 6.07 Å². The molecule has 0 N–H and O–H groups in total. The predicted molar refractivity (Wildman–Crippen MR) is 113 cm³/mol. The molecule has 1 fully saturated rings. The lowest BCUT2D eigenvalue weighted by atomic mass is 10.0. The fourth-order valence-electron chi connectivity index (χ4n) is 3.59. The van der Waals surface area contributed by atoms with Crippen LogP contribution in [0.2, 0.25) is 5.02 Å². The number of benzene rings is 2. The molecule has 0 aromatic heterocycles. The summed E-state index contributed by atoms with van der Waals surface area (Å²) < 4.78 is 71.7. The minimum Gasteiger partial charge on any atom is -0.465 e. The molecule has 6 nitrogen and oxygen atoms in total. The normalized spacial score (nSPS) is 17.2. The van der Waals surface area contributed by atoms with Gasteiger partial charge < -0.3 is 4.74 Å². The third kappa shape index (κ3) is 5.25. The Labute approximate surface area is 189 Å². The average Bonchev–Trinajstić information content (AvgIpc) is 2.74. The van der Waals surface area contributed by atoms with Crippen LogP contribution < -0.4 is 0 Å². The lowest BCUT2D eigenvalue weighted by Gasteiger charge is -2.37. The molecule has 0 saturated carbocycles. The molecular weight excluding hydrogens is 469 g/mol. The molecule has 32 heavy (non-hydrogen) atoms. The van der Waals surface area contributed by atoms with Crippen molar-refractivity contribution in [1.82, 2.24) is 9.21 Å². The highest BCUT2D eigenvalue weighted by molar-refractivity contribution is 7.89. The molecule has 0 amide bonds. The maximum Gasteiger partial charge on any atom is 0.417 e. The molecule has 1 atom stereocenters. The predicted octanol–water partition coefficient (Wildman–Crippen LogP) is 3.97. The summed E-state index contributed by atoms with van der Waals surface area (Å²) in [5.74, 6) is -0.442. The quantitative estimate of drug-likeness (QED) is 0.573. The number of carbonyl (C=O) groups excluding carboxylic acids is 1. The van der Waals surface area contributed by atoms with Gasteiger partial charge in [-0.05, 0) is 30.7 Å². The van der Waals surface area contributed by atoms with Gasteiger partial charge in [0.2, 0.25) is 10.0 Å². The minimum atomic E-state index is -4.77. The maximum atomic E-state index is 13.2. The molecule has 2 aromatic carbocycles. The zero-order valence-electron chi connectivity index (χ0n) is 17.2. The lowest BCUT2D eigenvalue weighted by Crippen LogP contribution is -2.51. The average molecular weight is 491 g/mol. The van der Waals surface area contributed by atoms with E-state index in [9.17, 15) is 26.4 Å². The smallest absolute Gasteiger partial charge is 0.417 e. The Morgan fingerprint density at radius 3 is 2.28 bits per heavy atom. The van der Waals surface area contributed by atoms with Gasteiger partial charge in [-0.1, -0.05) is 41.9 Å². The maximum absolute atomic E-state index is 13.2. The summed E-state index contributed by atoms with van der Waals surface area (Å²) in [5.41, 5.74) is -0.486. The number of carbonyl (C=O) groups is 1. The van der Waals surface area contributed by atoms with Crippen molar-refractivity contribution in [2.24, 2.45) is 0 Å². The van der Waals surface area contributed by atoms with Crippen LogP contribution in [0.4, 0.5) is 13.2 Å². The van der Waals surface area contributed by atoms with Crippen molar-refractivity contribution in [3.63, 3.8) is 0 Å². The summed E-state index contributed by atoms with van der Waals surface area (Å²) in [6, 6.07) is 10.8. The van der Waals surface area contributed by atoms with Crippen LogP contribution >= 0.6 is 11.6 Å². The van der Waals surface area contributed by atoms with Crippen LogP contribution in [0.1, 0.15) is 24.1 Å². The van der Waals surface area contributed by atoms with Gasteiger partial charge in [0.25, 0.3) is 0 Å². The van der Waals surface area contributed by atoms with Crippen molar-refractivity contribution in [2.75, 3.05) is 32.8 Å². The molecule has 11 heteroatoms. The largest absolute Gasteiger partial charge is 0.465 e. The topological polar surface area (TPSA) is 66.9 Å². The summed E-state index contributed by atoms with van der Waals surface area (Å²) in [4.78, 5) is 13.9. The SMILES string of the molecule is CCOC(=O)[C@H](c1ccccc1)N1CCN(S(=O)(=O)c2ccc(Cl)c(C(F)(F)F)c2)CC1. The van der Waals surface area contributed by atoms with Crippen LogP contribution in [0.15, 0.2) is 53.4 Å². The first-order valence-corrected chi connectivity index (χ1v) is 11.7. The van der Waals surface area contributed by atoms with Crippen LogP contribution in [0, 0.1) is 0 Å². The molecule has 0 radical (unpaired) electrons. The Kier molecular flexibility index (Phi) is 7.49. The zero-order valence-corrected chi connectivity index (χ0v) is 18.8. The van der Waals surface area contributed by atoms with Crippen molar-refractivity contribution in [3.8, 4) is 0 Å². The number of rotatable bonds is 6. The van der Waals surface area contributed by atoms with Crippen molar-refractivity contribution >= 4 is 27.6 Å². The van der Waals surface area contributed by atoms with Crippen molar-refractivity contribution < 1.29 is 31.1 Å². The number of esters is 1. The van der Waals surface area contributed by atoms with Crippen molar-refractivity contribution in [3.05, 3.63) is 64.7 Å². The monoisotopic (exact) mass is 490 g/mol. The highest BCUT2D eigenvalue weighted by atomic mass is 35.5. The van der Waals surface area contributed by atoms with E-state index in [2.05, 4.69) is 0 Å². The second-order valence-electron chi connectivity index (χ2n) is 7.14. The van der Waals surface area contributed by atoms with E-state index in [4.69, 9.17) is 16.3 Å². The van der Waals surface area contributed by atoms with Crippen LogP contribution in [0.5, 0.6) is 0 Å². The third-order valence-corrected chi connectivity index (χ3v) is 7.37. The summed E-state index contributed by atoms with van der Waals surface area (Å²) in [6.45, 7) is 2.33. The highest BCUT2D eigenvalue weighted by Crippen LogP contribution is 2.36. The molecule has 1 aliphatic heterocycles. The van der Waals surface area contributed by atoms with Gasteiger partial charge >= 0.3 is 12.1 Å². The summed E-state index contributed by atoms with van der Waals surface area (Å²) in [7, 11) is -4.17. The van der Waals surface area contributed by atoms with E-state index in [1.807, 2.05) is 11.0 Å². The van der Waals surface area contributed by atoms with Gasteiger partial charge in [-0.3, -0.25) is 4.90 Å². The van der Waals surface area contributed by atoms with Crippen LogP contribution in [0.25, 0.3) is 0 Å². The molecule has 0 unspecified atom stereocenters. The van der Waals surface area contributed by atoms with Gasteiger partial charge in [-0.25, -0.2) is 13.2 Å². The fourth-order valence-corrected chi connectivity index (χ4v) is 5.26. The number of alkyl halides is 3. The summed E-state index contributed by atoms with van der Waals surface area (Å²) in [5, 5.41) is -0.568. The Balaban J connectivity index is 1.80. The molecule has 1 aliphatic rings. The Morgan fingerprint density at radius 2 is 1.72 bits per heavy atom. The minimum absolute atomic E-state index is 0.00898. The Morgan fingerprint density at radius 1 is 1.09 bits per heavy atom. The van der Waals surface area contributed by atoms with Crippen LogP contribution in [-0.2, 0) is 25.7 Å². The standard InChI is InChI=1S/C21H22ClF3N2O4S/c1-2-31-20(28)19(15-6-4-3-5-7-15)26-10-12-27(13-11-26)32(29,30)16-8-9-18(22)17(14-16)21(23,24)25/h3-9,14,19H,2,10-13H2,1H3/t19-/m0/s1. The van der Waals surface area contributed by atoms with Crippen LogP contribution in [-0.4, -0.2) is 56.4 Å². The molecule has 2 aromatic rings. The molecule has 0 bridgehead atoms. The number of hydrogen-bond donors (Lipinski definition) is 0. The van der Waals surface area contributed by atoms with E-state index in [-0.39, 0.29) is 32.8 Å². The van der Waals surface area contributed by atoms with E-state index < -0.39 is 43.7 Å². The fraction of sp³-hybridized carbons (Fsp3) is 0.381. The summed E-state index contributed by atoms with van der Waals surface area (Å²) >= 11 is 5.61. The molecule has 0 aliphatic carbocycles. The van der Waals surface area contributed by atoms with Gasteiger partial charge in [0.15, 0.2) is 0 Å². The van der Waals surface area contributed by atoms with Crippen molar-refractivity contribution in [2.45, 2.75) is 24.0 Å². The van der Waals surface area contributed by atoms with Gasteiger partial charge in [-0.15, -0.1) is 0 Å². The zero-order chi connectivity index (χ0) is 23.5.